The lowest BCUT2D eigenvalue weighted by Gasteiger charge is -2.21. The Morgan fingerprint density at radius 3 is 2.30 bits per heavy atom. The van der Waals surface area contributed by atoms with Gasteiger partial charge in [-0.05, 0) is 66.8 Å². The molecule has 1 aromatic heterocycles. The normalized spacial score (nSPS) is 15.8. The van der Waals surface area contributed by atoms with Crippen LogP contribution in [0.5, 0.6) is 0 Å². The summed E-state index contributed by atoms with van der Waals surface area (Å²) < 4.78 is 39.5. The van der Waals surface area contributed by atoms with Gasteiger partial charge >= 0.3 is 12.1 Å². The molecule has 236 valence electrons. The zero-order chi connectivity index (χ0) is 32.3. The molecule has 0 unspecified atom stereocenters. The van der Waals surface area contributed by atoms with Crippen molar-refractivity contribution in [1.29, 1.82) is 0 Å². The molecule has 1 aliphatic heterocycles. The van der Waals surface area contributed by atoms with Gasteiger partial charge in [0.1, 0.15) is 17.9 Å². The third-order valence-electron chi connectivity index (χ3n) is 6.71. The maximum absolute atomic E-state index is 13.2. The molecule has 14 heteroatoms. The number of benzene rings is 2. The number of carbonyl (C=O) groups is 3. The summed E-state index contributed by atoms with van der Waals surface area (Å²) in [7, 11) is 0. The number of pyridine rings is 1. The van der Waals surface area contributed by atoms with Gasteiger partial charge in [-0.1, -0.05) is 48.0 Å². The molecule has 4 rings (SSSR count). The van der Waals surface area contributed by atoms with Crippen molar-refractivity contribution in [3.05, 3.63) is 94.1 Å². The van der Waals surface area contributed by atoms with Crippen molar-refractivity contribution in [3.63, 3.8) is 0 Å². The maximum atomic E-state index is 13.2. The lowest BCUT2D eigenvalue weighted by atomic mass is 10.0. The fourth-order valence-electron chi connectivity index (χ4n) is 4.31. The quantitative estimate of drug-likeness (QED) is 0.197. The number of carboxylic acid groups (broad SMARTS) is 1. The molecule has 0 aliphatic carbocycles. The summed E-state index contributed by atoms with van der Waals surface area (Å²) in [6.07, 6.45) is -1.27. The minimum atomic E-state index is -4.54. The highest BCUT2D eigenvalue weighted by Gasteiger charge is 2.31. The molecule has 2 amide bonds. The van der Waals surface area contributed by atoms with Gasteiger partial charge in [0.2, 0.25) is 11.8 Å². The number of carbonyl (C=O) groups excluding carboxylic acids is 2. The van der Waals surface area contributed by atoms with Crippen LogP contribution in [-0.2, 0) is 39.9 Å². The highest BCUT2D eigenvalue weighted by Crippen LogP contribution is 2.29. The standard InChI is InChI=1S/C25H25ClF3N5O2.C5H9NO2/c26-19-7-4-15(5-8-19)11-20(30)23(35)34-21(12-16-2-1-3-18(10-16)25(27,28)29)24(36)33-14-17-6-9-22(31)32-13-17;7-5(8)4-2-1-3-6-4/h1-10,13,20-21H,11-12,14,30H2,(H2,31,32)(H,33,36)(H,34,35);4,6H,1-3H2,(H,7,8)/t20-,21+;4-/m11/s1. The van der Waals surface area contributed by atoms with E-state index < -0.39 is 41.6 Å². The molecule has 0 radical (unpaired) electrons. The van der Waals surface area contributed by atoms with Crippen molar-refractivity contribution >= 4 is 35.2 Å². The summed E-state index contributed by atoms with van der Waals surface area (Å²) in [6, 6.07) is 12.2. The van der Waals surface area contributed by atoms with Gasteiger partial charge in [-0.3, -0.25) is 14.4 Å². The summed E-state index contributed by atoms with van der Waals surface area (Å²) >= 11 is 5.88. The molecule has 2 heterocycles. The Morgan fingerprint density at radius 2 is 1.73 bits per heavy atom. The number of rotatable bonds is 10. The highest BCUT2D eigenvalue weighted by molar-refractivity contribution is 6.30. The van der Waals surface area contributed by atoms with Gasteiger partial charge in [0.15, 0.2) is 0 Å². The van der Waals surface area contributed by atoms with Crippen molar-refractivity contribution in [1.82, 2.24) is 20.9 Å². The highest BCUT2D eigenvalue weighted by atomic mass is 35.5. The van der Waals surface area contributed by atoms with Gasteiger partial charge < -0.3 is 32.5 Å². The number of aromatic nitrogens is 1. The van der Waals surface area contributed by atoms with E-state index in [1.165, 1.54) is 18.3 Å². The van der Waals surface area contributed by atoms with E-state index in [-0.39, 0.29) is 31.0 Å². The van der Waals surface area contributed by atoms with Gasteiger partial charge in [-0.15, -0.1) is 0 Å². The Balaban J connectivity index is 0.000000572. The van der Waals surface area contributed by atoms with Gasteiger partial charge in [0.25, 0.3) is 0 Å². The Bertz CT molecular complexity index is 1400. The summed E-state index contributed by atoms with van der Waals surface area (Å²) in [5.74, 6) is -1.61. The van der Waals surface area contributed by atoms with E-state index in [9.17, 15) is 27.6 Å². The van der Waals surface area contributed by atoms with E-state index in [1.807, 2.05) is 0 Å². The van der Waals surface area contributed by atoms with Crippen LogP contribution in [-0.4, -0.2) is 52.5 Å². The topological polar surface area (TPSA) is 172 Å². The first-order valence-electron chi connectivity index (χ1n) is 13.7. The second-order valence-corrected chi connectivity index (χ2v) is 10.6. The monoisotopic (exact) mass is 634 g/mol. The van der Waals surface area contributed by atoms with Crippen LogP contribution in [0.2, 0.25) is 5.02 Å². The van der Waals surface area contributed by atoms with Crippen LogP contribution >= 0.6 is 11.6 Å². The van der Waals surface area contributed by atoms with E-state index >= 15 is 0 Å². The number of anilines is 1. The molecular weight excluding hydrogens is 601 g/mol. The van der Waals surface area contributed by atoms with Crippen LogP contribution in [0.1, 0.15) is 35.1 Å². The molecule has 44 heavy (non-hydrogen) atoms. The average Bonchev–Trinajstić information content (AvgIpc) is 3.53. The number of alkyl halides is 3. The largest absolute Gasteiger partial charge is 0.480 e. The number of nitrogens with two attached hydrogens (primary N) is 2. The molecule has 3 atom stereocenters. The number of aliphatic carboxylic acids is 1. The molecule has 10 nitrogen and oxygen atoms in total. The fourth-order valence-corrected chi connectivity index (χ4v) is 4.44. The molecule has 8 N–H and O–H groups in total. The first-order valence-corrected chi connectivity index (χ1v) is 14.1. The van der Waals surface area contributed by atoms with Crippen molar-refractivity contribution in [2.45, 2.75) is 56.5 Å². The fraction of sp³-hybridized carbons (Fsp3) is 0.333. The van der Waals surface area contributed by atoms with Gasteiger partial charge in [-0.25, -0.2) is 4.98 Å². The molecule has 1 fully saturated rings. The predicted octanol–water partition coefficient (Wildman–Crippen LogP) is 3.07. The van der Waals surface area contributed by atoms with Crippen molar-refractivity contribution in [3.8, 4) is 0 Å². The lowest BCUT2D eigenvalue weighted by molar-refractivity contribution is -0.139. The summed E-state index contributed by atoms with van der Waals surface area (Å²) in [5.41, 5.74) is 12.4. The van der Waals surface area contributed by atoms with Crippen molar-refractivity contribution in [2.24, 2.45) is 5.73 Å². The molecule has 0 saturated carbocycles. The molecule has 1 saturated heterocycles. The van der Waals surface area contributed by atoms with Crippen LogP contribution in [0.25, 0.3) is 0 Å². The first kappa shape index (κ1) is 34.3. The predicted molar refractivity (Wildman–Crippen MR) is 159 cm³/mol. The number of nitrogens with zero attached hydrogens (tertiary/aromatic N) is 1. The van der Waals surface area contributed by atoms with Crippen LogP contribution in [0.3, 0.4) is 0 Å². The van der Waals surface area contributed by atoms with Gasteiger partial charge in [-0.2, -0.15) is 13.2 Å². The summed E-state index contributed by atoms with van der Waals surface area (Å²) in [4.78, 5) is 39.9. The number of halogens is 4. The average molecular weight is 635 g/mol. The van der Waals surface area contributed by atoms with Crippen LogP contribution in [0.15, 0.2) is 66.9 Å². The molecule has 1 aliphatic rings. The second-order valence-electron chi connectivity index (χ2n) is 10.2. The summed E-state index contributed by atoms with van der Waals surface area (Å²) in [5, 5.41) is 17.0. The number of hydrogen-bond donors (Lipinski definition) is 6. The zero-order valence-corrected chi connectivity index (χ0v) is 24.4. The first-order chi connectivity index (χ1) is 20.8. The van der Waals surface area contributed by atoms with E-state index in [2.05, 4.69) is 20.9 Å². The molecule has 2 aromatic carbocycles. The van der Waals surface area contributed by atoms with E-state index in [0.717, 1.165) is 37.1 Å². The lowest BCUT2D eigenvalue weighted by Crippen LogP contribution is -2.53. The number of carboxylic acids is 1. The Labute approximate surface area is 257 Å². The van der Waals surface area contributed by atoms with Crippen LogP contribution in [0.4, 0.5) is 19.0 Å². The third-order valence-corrected chi connectivity index (χ3v) is 6.96. The Kier molecular flexibility index (Phi) is 12.5. The van der Waals surface area contributed by atoms with E-state index in [1.54, 1.807) is 36.4 Å². The smallest absolute Gasteiger partial charge is 0.416 e. The maximum Gasteiger partial charge on any atom is 0.416 e. The van der Waals surface area contributed by atoms with E-state index in [4.69, 9.17) is 28.2 Å². The SMILES string of the molecule is Nc1ccc(CNC(=O)[C@H](Cc2cccc(C(F)(F)F)c2)NC(=O)[C@H](N)Cc2ccc(Cl)cc2)cn1.O=C(O)[C@H]1CCCN1. The number of nitrogens with one attached hydrogen (secondary N) is 3. The van der Waals surface area contributed by atoms with E-state index in [0.29, 0.717) is 16.4 Å². The number of nitrogen functional groups attached to an aromatic ring is 1. The third kappa shape index (κ3) is 11.1. The number of amides is 2. The minimum Gasteiger partial charge on any atom is -0.480 e. The second kappa shape index (κ2) is 16.0. The van der Waals surface area contributed by atoms with Gasteiger partial charge in [0.05, 0.1) is 11.6 Å². The molecule has 0 bridgehead atoms. The van der Waals surface area contributed by atoms with Crippen molar-refractivity contribution in [2.75, 3.05) is 12.3 Å². The van der Waals surface area contributed by atoms with Crippen LogP contribution in [0, 0.1) is 0 Å². The molecule has 0 spiro atoms. The minimum absolute atomic E-state index is 0.0813. The Hall–Kier alpha value is -4.20. The zero-order valence-electron chi connectivity index (χ0n) is 23.6. The molecule has 3 aromatic rings. The van der Waals surface area contributed by atoms with Crippen LogP contribution < -0.4 is 27.4 Å². The van der Waals surface area contributed by atoms with Gasteiger partial charge in [0, 0.05) is 24.2 Å². The number of hydrogen-bond acceptors (Lipinski definition) is 7. The molecular formula is C30H34ClF3N6O4. The summed E-state index contributed by atoms with van der Waals surface area (Å²) in [6.45, 7) is 0.939. The van der Waals surface area contributed by atoms with Crippen molar-refractivity contribution < 1.29 is 32.7 Å². The Morgan fingerprint density at radius 1 is 1.02 bits per heavy atom.